The SMILES string of the molecule is CCS(=O)(=O)N1CCN(Cn2nc(C(C)(C)C)ccc2=O)CC1. The van der Waals surface area contributed by atoms with Crippen molar-refractivity contribution in [2.45, 2.75) is 39.8 Å². The van der Waals surface area contributed by atoms with Gasteiger partial charge < -0.3 is 0 Å². The first-order chi connectivity index (χ1) is 10.6. The molecule has 1 aliphatic rings. The van der Waals surface area contributed by atoms with E-state index in [1.54, 1.807) is 19.1 Å². The van der Waals surface area contributed by atoms with Crippen molar-refractivity contribution in [2.75, 3.05) is 31.9 Å². The highest BCUT2D eigenvalue weighted by molar-refractivity contribution is 7.89. The number of rotatable bonds is 4. The quantitative estimate of drug-likeness (QED) is 0.795. The molecule has 0 amide bonds. The minimum atomic E-state index is -3.13. The molecule has 8 heteroatoms. The molecule has 0 atom stereocenters. The van der Waals surface area contributed by atoms with Gasteiger partial charge in [0.15, 0.2) is 0 Å². The van der Waals surface area contributed by atoms with Crippen LogP contribution in [0.2, 0.25) is 0 Å². The van der Waals surface area contributed by atoms with Gasteiger partial charge in [-0.25, -0.2) is 13.1 Å². The summed E-state index contributed by atoms with van der Waals surface area (Å²) >= 11 is 0. The fraction of sp³-hybridized carbons (Fsp3) is 0.733. The van der Waals surface area contributed by atoms with E-state index in [2.05, 4.69) is 30.8 Å². The number of nitrogens with zero attached hydrogens (tertiary/aromatic N) is 4. The number of hydrogen-bond donors (Lipinski definition) is 0. The van der Waals surface area contributed by atoms with E-state index in [-0.39, 0.29) is 16.7 Å². The first kappa shape index (κ1) is 18.1. The fourth-order valence-electron chi connectivity index (χ4n) is 2.47. The predicted octanol–water partition coefficient (Wildman–Crippen LogP) is 0.466. The summed E-state index contributed by atoms with van der Waals surface area (Å²) in [6.07, 6.45) is 0. The zero-order valence-corrected chi connectivity index (χ0v) is 15.1. The molecule has 0 radical (unpaired) electrons. The highest BCUT2D eigenvalue weighted by atomic mass is 32.2. The molecule has 1 saturated heterocycles. The first-order valence-corrected chi connectivity index (χ1v) is 9.53. The van der Waals surface area contributed by atoms with Gasteiger partial charge in [-0.2, -0.15) is 9.40 Å². The van der Waals surface area contributed by atoms with Crippen LogP contribution in [0.3, 0.4) is 0 Å². The molecule has 1 aromatic heterocycles. The molecular formula is C15H26N4O3S. The zero-order valence-electron chi connectivity index (χ0n) is 14.3. The Morgan fingerprint density at radius 2 is 1.74 bits per heavy atom. The van der Waals surface area contributed by atoms with Gasteiger partial charge in [0.25, 0.3) is 5.56 Å². The molecule has 0 bridgehead atoms. The van der Waals surface area contributed by atoms with Crippen molar-refractivity contribution in [1.29, 1.82) is 0 Å². The maximum absolute atomic E-state index is 12.0. The lowest BCUT2D eigenvalue weighted by Crippen LogP contribution is -2.50. The van der Waals surface area contributed by atoms with Crippen LogP contribution < -0.4 is 5.56 Å². The second-order valence-electron chi connectivity index (χ2n) is 6.87. The molecule has 130 valence electrons. The molecule has 7 nitrogen and oxygen atoms in total. The van der Waals surface area contributed by atoms with Crippen molar-refractivity contribution in [3.8, 4) is 0 Å². The lowest BCUT2D eigenvalue weighted by atomic mass is 9.92. The Labute approximate surface area is 137 Å². The normalized spacial score (nSPS) is 18.3. The van der Waals surface area contributed by atoms with Crippen LogP contribution in [0.5, 0.6) is 0 Å². The second kappa shape index (κ2) is 6.70. The highest BCUT2D eigenvalue weighted by Crippen LogP contribution is 2.18. The third-order valence-electron chi connectivity index (χ3n) is 4.06. The van der Waals surface area contributed by atoms with Gasteiger partial charge in [0.2, 0.25) is 10.0 Å². The van der Waals surface area contributed by atoms with Gasteiger partial charge >= 0.3 is 0 Å². The third kappa shape index (κ3) is 4.39. The van der Waals surface area contributed by atoms with E-state index in [1.165, 1.54) is 8.99 Å². The van der Waals surface area contributed by atoms with E-state index in [4.69, 9.17) is 0 Å². The van der Waals surface area contributed by atoms with E-state index >= 15 is 0 Å². The monoisotopic (exact) mass is 342 g/mol. The summed E-state index contributed by atoms with van der Waals surface area (Å²) in [5.41, 5.74) is 0.606. The number of piperazine rings is 1. The minimum absolute atomic E-state index is 0.122. The zero-order chi connectivity index (χ0) is 17.3. The highest BCUT2D eigenvalue weighted by Gasteiger charge is 2.26. The Hall–Kier alpha value is -1.25. The third-order valence-corrected chi connectivity index (χ3v) is 5.94. The lowest BCUT2D eigenvalue weighted by molar-refractivity contribution is 0.142. The molecule has 23 heavy (non-hydrogen) atoms. The maximum atomic E-state index is 12.0. The van der Waals surface area contributed by atoms with Gasteiger partial charge in [0.1, 0.15) is 0 Å². The average molecular weight is 342 g/mol. The van der Waals surface area contributed by atoms with E-state index < -0.39 is 10.0 Å². The molecule has 2 rings (SSSR count). The number of hydrogen-bond acceptors (Lipinski definition) is 5. The smallest absolute Gasteiger partial charge is 0.267 e. The van der Waals surface area contributed by atoms with Gasteiger partial charge in [0, 0.05) is 37.7 Å². The molecule has 1 fully saturated rings. The van der Waals surface area contributed by atoms with E-state index in [0.717, 1.165) is 5.69 Å². The van der Waals surface area contributed by atoms with Crippen molar-refractivity contribution >= 4 is 10.0 Å². The van der Waals surface area contributed by atoms with Crippen molar-refractivity contribution in [3.05, 3.63) is 28.2 Å². The van der Waals surface area contributed by atoms with Crippen LogP contribution in [0.1, 0.15) is 33.4 Å². The molecule has 0 unspecified atom stereocenters. The summed E-state index contributed by atoms with van der Waals surface area (Å²) in [6, 6.07) is 3.32. The predicted molar refractivity (Wildman–Crippen MR) is 89.8 cm³/mol. The molecule has 1 aromatic rings. The van der Waals surface area contributed by atoms with Gasteiger partial charge in [-0.05, 0) is 13.0 Å². The first-order valence-electron chi connectivity index (χ1n) is 7.92. The second-order valence-corrected chi connectivity index (χ2v) is 9.12. The minimum Gasteiger partial charge on any atom is -0.282 e. The standard InChI is InChI=1S/C15H26N4O3S/c1-5-23(21,22)18-10-8-17(9-11-18)12-19-14(20)7-6-13(16-19)15(2,3)4/h6-7H,5,8-12H2,1-4H3. The molecule has 0 N–H and O–H groups in total. The molecule has 0 aromatic carbocycles. The summed E-state index contributed by atoms with van der Waals surface area (Å²) in [7, 11) is -3.13. The lowest BCUT2D eigenvalue weighted by Gasteiger charge is -2.33. The number of sulfonamides is 1. The summed E-state index contributed by atoms with van der Waals surface area (Å²) in [5.74, 6) is 0.127. The molecule has 0 aliphatic carbocycles. The van der Waals surface area contributed by atoms with E-state index in [9.17, 15) is 13.2 Å². The Bertz CT molecular complexity index is 698. The largest absolute Gasteiger partial charge is 0.282 e. The Kier molecular flexibility index (Phi) is 5.27. The van der Waals surface area contributed by atoms with Crippen LogP contribution in [0.4, 0.5) is 0 Å². The van der Waals surface area contributed by atoms with E-state index in [1.807, 2.05) is 0 Å². The summed E-state index contributed by atoms with van der Waals surface area (Å²) in [6.45, 7) is 10.3. The fourth-order valence-corrected chi connectivity index (χ4v) is 3.56. The van der Waals surface area contributed by atoms with Crippen molar-refractivity contribution in [3.63, 3.8) is 0 Å². The molecule has 0 spiro atoms. The molecule has 2 heterocycles. The Morgan fingerprint density at radius 3 is 2.26 bits per heavy atom. The summed E-state index contributed by atoms with van der Waals surface area (Å²) in [4.78, 5) is 14.1. The van der Waals surface area contributed by atoms with Gasteiger partial charge in [-0.1, -0.05) is 20.8 Å². The summed E-state index contributed by atoms with van der Waals surface area (Å²) < 4.78 is 26.7. The summed E-state index contributed by atoms with van der Waals surface area (Å²) in [5, 5.41) is 4.45. The Morgan fingerprint density at radius 1 is 1.13 bits per heavy atom. The van der Waals surface area contributed by atoms with Gasteiger partial charge in [0.05, 0.1) is 18.1 Å². The van der Waals surface area contributed by atoms with Crippen molar-refractivity contribution in [2.24, 2.45) is 0 Å². The van der Waals surface area contributed by atoms with Crippen LogP contribution >= 0.6 is 0 Å². The molecular weight excluding hydrogens is 316 g/mol. The Balaban J connectivity index is 2.06. The van der Waals surface area contributed by atoms with Crippen LogP contribution in [0.25, 0.3) is 0 Å². The van der Waals surface area contributed by atoms with E-state index in [0.29, 0.717) is 32.8 Å². The van der Waals surface area contributed by atoms with Gasteiger partial charge in [-0.3, -0.25) is 9.69 Å². The topological polar surface area (TPSA) is 75.5 Å². The van der Waals surface area contributed by atoms with Gasteiger partial charge in [-0.15, -0.1) is 0 Å². The van der Waals surface area contributed by atoms with Crippen molar-refractivity contribution in [1.82, 2.24) is 19.0 Å². The maximum Gasteiger partial charge on any atom is 0.267 e. The average Bonchev–Trinajstić information content (AvgIpc) is 2.49. The van der Waals surface area contributed by atoms with Crippen molar-refractivity contribution < 1.29 is 8.42 Å². The van der Waals surface area contributed by atoms with Crippen LogP contribution in [0, 0.1) is 0 Å². The van der Waals surface area contributed by atoms with Crippen LogP contribution in [0.15, 0.2) is 16.9 Å². The molecule has 1 aliphatic heterocycles. The molecule has 0 saturated carbocycles. The van der Waals surface area contributed by atoms with Crippen LogP contribution in [-0.2, 0) is 22.1 Å². The van der Waals surface area contributed by atoms with Crippen LogP contribution in [-0.4, -0.2) is 59.3 Å². The number of aromatic nitrogens is 2.